The van der Waals surface area contributed by atoms with E-state index in [2.05, 4.69) is 11.8 Å². The molecule has 2 heteroatoms. The van der Waals surface area contributed by atoms with Crippen molar-refractivity contribution in [3.05, 3.63) is 0 Å². The minimum Gasteiger partial charge on any atom is -0.330 e. The van der Waals surface area contributed by atoms with Gasteiger partial charge in [-0.25, -0.2) is 0 Å². The van der Waals surface area contributed by atoms with Crippen LogP contribution in [0.4, 0.5) is 0 Å². The van der Waals surface area contributed by atoms with Gasteiger partial charge in [0.05, 0.1) is 0 Å². The minimum atomic E-state index is 0.783. The molecule has 2 fully saturated rings. The Balaban J connectivity index is 1.76. The average molecular weight is 224 g/mol. The molecule has 0 aromatic rings. The van der Waals surface area contributed by atoms with E-state index in [4.69, 9.17) is 5.73 Å². The van der Waals surface area contributed by atoms with Gasteiger partial charge in [-0.15, -0.1) is 0 Å². The van der Waals surface area contributed by atoms with E-state index >= 15 is 0 Å². The summed E-state index contributed by atoms with van der Waals surface area (Å²) in [6.45, 7) is 7.19. The Morgan fingerprint density at radius 3 is 2.69 bits per heavy atom. The molecule has 1 saturated heterocycles. The Morgan fingerprint density at radius 1 is 1.19 bits per heavy atom. The van der Waals surface area contributed by atoms with Gasteiger partial charge >= 0.3 is 0 Å². The highest BCUT2D eigenvalue weighted by atomic mass is 15.1. The molecule has 0 aromatic heterocycles. The van der Waals surface area contributed by atoms with Gasteiger partial charge in [0, 0.05) is 13.1 Å². The molecule has 0 bridgehead atoms. The van der Waals surface area contributed by atoms with Gasteiger partial charge in [0.25, 0.3) is 0 Å². The molecule has 2 N–H and O–H groups in total. The second-order valence-corrected chi connectivity index (χ2v) is 6.04. The fraction of sp³-hybridized carbons (Fsp3) is 1.00. The van der Waals surface area contributed by atoms with Gasteiger partial charge in [0.1, 0.15) is 0 Å². The molecule has 94 valence electrons. The molecule has 0 aromatic carbocycles. The highest BCUT2D eigenvalue weighted by Crippen LogP contribution is 2.36. The zero-order valence-electron chi connectivity index (χ0n) is 10.8. The molecular formula is C14H28N2. The van der Waals surface area contributed by atoms with E-state index < -0.39 is 0 Å². The van der Waals surface area contributed by atoms with Crippen molar-refractivity contribution in [1.82, 2.24) is 4.90 Å². The molecule has 1 aliphatic heterocycles. The molecule has 16 heavy (non-hydrogen) atoms. The third-order valence-corrected chi connectivity index (χ3v) is 4.60. The monoisotopic (exact) mass is 224 g/mol. The number of hydrogen-bond donors (Lipinski definition) is 1. The Morgan fingerprint density at radius 2 is 1.94 bits per heavy atom. The van der Waals surface area contributed by atoms with Crippen molar-refractivity contribution in [3.63, 3.8) is 0 Å². The van der Waals surface area contributed by atoms with Crippen LogP contribution < -0.4 is 5.73 Å². The first kappa shape index (κ1) is 12.4. The molecular weight excluding hydrogens is 196 g/mol. The lowest BCUT2D eigenvalue weighted by atomic mass is 9.75. The van der Waals surface area contributed by atoms with E-state index in [0.717, 1.165) is 24.3 Å². The Labute approximate surface area is 101 Å². The quantitative estimate of drug-likeness (QED) is 0.795. The van der Waals surface area contributed by atoms with E-state index in [1.54, 1.807) is 0 Å². The van der Waals surface area contributed by atoms with Gasteiger partial charge < -0.3 is 10.6 Å². The van der Waals surface area contributed by atoms with Crippen LogP contribution in [0.5, 0.6) is 0 Å². The summed E-state index contributed by atoms with van der Waals surface area (Å²) in [5, 5.41) is 0. The van der Waals surface area contributed by atoms with Crippen LogP contribution in [-0.2, 0) is 0 Å². The number of piperidine rings is 1. The van der Waals surface area contributed by atoms with Gasteiger partial charge in [-0.1, -0.05) is 26.2 Å². The molecule has 1 saturated carbocycles. The number of fused-ring (bicyclic) bond motifs is 1. The Kier molecular flexibility index (Phi) is 4.66. The molecule has 3 atom stereocenters. The van der Waals surface area contributed by atoms with Crippen LogP contribution in [0.25, 0.3) is 0 Å². The van der Waals surface area contributed by atoms with Crippen LogP contribution in [0.3, 0.4) is 0 Å². The van der Waals surface area contributed by atoms with Crippen molar-refractivity contribution < 1.29 is 0 Å². The topological polar surface area (TPSA) is 29.3 Å². The molecule has 1 heterocycles. The fourth-order valence-electron chi connectivity index (χ4n) is 3.66. The predicted octanol–water partition coefficient (Wildman–Crippen LogP) is 2.48. The number of nitrogens with zero attached hydrogens (tertiary/aromatic N) is 1. The number of likely N-dealkylation sites (tertiary alicyclic amines) is 1. The first-order chi connectivity index (χ1) is 7.79. The maximum atomic E-state index is 5.62. The first-order valence-corrected chi connectivity index (χ1v) is 7.22. The van der Waals surface area contributed by atoms with Crippen molar-refractivity contribution in [3.8, 4) is 0 Å². The SMILES string of the molecule is CC(CCN)CN1CCC2CCCCC2C1. The van der Waals surface area contributed by atoms with E-state index in [1.807, 2.05) is 0 Å². The number of hydrogen-bond acceptors (Lipinski definition) is 2. The number of rotatable bonds is 4. The summed E-state index contributed by atoms with van der Waals surface area (Å²) in [6, 6.07) is 0. The van der Waals surface area contributed by atoms with E-state index in [-0.39, 0.29) is 0 Å². The minimum absolute atomic E-state index is 0.783. The van der Waals surface area contributed by atoms with E-state index in [0.29, 0.717) is 0 Å². The maximum absolute atomic E-state index is 5.62. The van der Waals surface area contributed by atoms with E-state index in [1.165, 1.54) is 58.2 Å². The molecule has 1 aliphatic carbocycles. The molecule has 0 amide bonds. The Hall–Kier alpha value is -0.0800. The summed E-state index contributed by atoms with van der Waals surface area (Å²) in [5.74, 6) is 2.87. The molecule has 0 spiro atoms. The van der Waals surface area contributed by atoms with Gasteiger partial charge in [-0.05, 0) is 50.1 Å². The van der Waals surface area contributed by atoms with Crippen LogP contribution in [0, 0.1) is 17.8 Å². The maximum Gasteiger partial charge on any atom is 0.00124 e. The number of nitrogens with two attached hydrogens (primary N) is 1. The zero-order valence-corrected chi connectivity index (χ0v) is 10.8. The van der Waals surface area contributed by atoms with Crippen molar-refractivity contribution in [2.45, 2.75) is 45.4 Å². The van der Waals surface area contributed by atoms with Crippen molar-refractivity contribution in [2.24, 2.45) is 23.5 Å². The molecule has 2 aliphatic rings. The second-order valence-electron chi connectivity index (χ2n) is 6.04. The summed E-state index contributed by atoms with van der Waals surface area (Å²) in [5.41, 5.74) is 5.62. The van der Waals surface area contributed by atoms with Gasteiger partial charge in [0.15, 0.2) is 0 Å². The van der Waals surface area contributed by atoms with Crippen molar-refractivity contribution >= 4 is 0 Å². The van der Waals surface area contributed by atoms with Crippen LogP contribution in [0.15, 0.2) is 0 Å². The standard InChI is InChI=1S/C14H28N2/c1-12(6-8-15)10-16-9-7-13-4-2-3-5-14(13)11-16/h12-14H,2-11,15H2,1H3. The molecule has 2 nitrogen and oxygen atoms in total. The largest absolute Gasteiger partial charge is 0.330 e. The van der Waals surface area contributed by atoms with Crippen LogP contribution in [0.1, 0.15) is 45.4 Å². The molecule has 0 radical (unpaired) electrons. The predicted molar refractivity (Wildman–Crippen MR) is 69.3 cm³/mol. The van der Waals surface area contributed by atoms with Crippen molar-refractivity contribution in [1.29, 1.82) is 0 Å². The molecule has 3 unspecified atom stereocenters. The zero-order chi connectivity index (χ0) is 11.4. The summed E-state index contributed by atoms with van der Waals surface area (Å²) in [7, 11) is 0. The van der Waals surface area contributed by atoms with Crippen LogP contribution in [-0.4, -0.2) is 31.1 Å². The molecule has 2 rings (SSSR count). The van der Waals surface area contributed by atoms with Crippen LogP contribution >= 0.6 is 0 Å². The van der Waals surface area contributed by atoms with E-state index in [9.17, 15) is 0 Å². The smallest absolute Gasteiger partial charge is 0.00124 e. The summed E-state index contributed by atoms with van der Waals surface area (Å²) < 4.78 is 0. The van der Waals surface area contributed by atoms with Crippen molar-refractivity contribution in [2.75, 3.05) is 26.2 Å². The van der Waals surface area contributed by atoms with Gasteiger partial charge in [0.2, 0.25) is 0 Å². The highest BCUT2D eigenvalue weighted by Gasteiger charge is 2.31. The fourth-order valence-corrected chi connectivity index (χ4v) is 3.66. The second kappa shape index (κ2) is 6.02. The first-order valence-electron chi connectivity index (χ1n) is 7.22. The van der Waals surface area contributed by atoms with Crippen LogP contribution in [0.2, 0.25) is 0 Å². The lowest BCUT2D eigenvalue weighted by Crippen LogP contribution is -2.43. The average Bonchev–Trinajstić information content (AvgIpc) is 2.29. The normalized spacial score (nSPS) is 33.4. The highest BCUT2D eigenvalue weighted by molar-refractivity contribution is 4.83. The summed E-state index contributed by atoms with van der Waals surface area (Å²) >= 11 is 0. The lowest BCUT2D eigenvalue weighted by molar-refractivity contribution is 0.0767. The van der Waals surface area contributed by atoms with Gasteiger partial charge in [-0.3, -0.25) is 0 Å². The van der Waals surface area contributed by atoms with Gasteiger partial charge in [-0.2, -0.15) is 0 Å². The lowest BCUT2D eigenvalue weighted by Gasteiger charge is -2.42. The third kappa shape index (κ3) is 3.21. The summed E-state index contributed by atoms with van der Waals surface area (Å²) in [6.07, 6.45) is 8.62. The summed E-state index contributed by atoms with van der Waals surface area (Å²) in [4.78, 5) is 2.70. The third-order valence-electron chi connectivity index (χ3n) is 4.60. The Bertz CT molecular complexity index is 205.